The van der Waals surface area contributed by atoms with E-state index >= 15 is 0 Å². The van der Waals surface area contributed by atoms with Crippen molar-refractivity contribution >= 4 is 14.6 Å². The van der Waals surface area contributed by atoms with Gasteiger partial charge in [0.05, 0.1) is 5.56 Å². The summed E-state index contributed by atoms with van der Waals surface area (Å²) in [6.45, 7) is 5.79. The second-order valence-corrected chi connectivity index (χ2v) is 7.18. The van der Waals surface area contributed by atoms with Gasteiger partial charge in [0, 0.05) is 0 Å². The predicted octanol–water partition coefficient (Wildman–Crippen LogP) is 5.33. The van der Waals surface area contributed by atoms with E-state index in [0.717, 1.165) is 16.7 Å². The molecule has 146 valence electrons. The summed E-state index contributed by atoms with van der Waals surface area (Å²) < 4.78 is 17.3. The Morgan fingerprint density at radius 2 is 1.18 bits per heavy atom. The van der Waals surface area contributed by atoms with E-state index in [4.69, 9.17) is 13.6 Å². The van der Waals surface area contributed by atoms with E-state index in [1.165, 1.54) is 0 Å². The Morgan fingerprint density at radius 1 is 0.750 bits per heavy atom. The van der Waals surface area contributed by atoms with Crippen LogP contribution in [0.4, 0.5) is 0 Å². The first-order valence-electron chi connectivity index (χ1n) is 8.59. The van der Waals surface area contributed by atoms with Crippen molar-refractivity contribution in [1.82, 2.24) is 0 Å². The van der Waals surface area contributed by atoms with Crippen molar-refractivity contribution in [1.29, 1.82) is 0 Å². The highest BCUT2D eigenvalue weighted by atomic mass is 31.2. The Kier molecular flexibility index (Phi) is 7.56. The third-order valence-corrected chi connectivity index (χ3v) is 4.92. The van der Waals surface area contributed by atoms with E-state index in [9.17, 15) is 4.79 Å². The van der Waals surface area contributed by atoms with Gasteiger partial charge in [0.2, 0.25) is 0 Å². The van der Waals surface area contributed by atoms with Crippen molar-refractivity contribution in [3.05, 3.63) is 95.1 Å². The van der Waals surface area contributed by atoms with Gasteiger partial charge in [-0.1, -0.05) is 54.1 Å². The van der Waals surface area contributed by atoms with E-state index in [-0.39, 0.29) is 5.48 Å². The second kappa shape index (κ2) is 9.88. The van der Waals surface area contributed by atoms with Crippen LogP contribution in [0, 0.1) is 20.8 Å². The molecule has 0 saturated carbocycles. The highest BCUT2D eigenvalue weighted by molar-refractivity contribution is 7.43. The van der Waals surface area contributed by atoms with Gasteiger partial charge in [0.15, 0.2) is 0 Å². The van der Waals surface area contributed by atoms with E-state index in [1.54, 1.807) is 24.3 Å². The number of hydrogen-bond donors (Lipinski definition) is 0. The maximum absolute atomic E-state index is 12.8. The number of aryl methyl sites for hydroxylation is 3. The molecule has 5 nitrogen and oxygen atoms in total. The third-order valence-electron chi connectivity index (χ3n) is 3.88. The Labute approximate surface area is 166 Å². The van der Waals surface area contributed by atoms with Crippen LogP contribution in [0.15, 0.2) is 72.8 Å². The molecule has 0 heterocycles. The molecule has 0 aliphatic rings. The Bertz CT molecular complexity index is 848. The molecular weight excluding hydrogens is 375 g/mol. The zero-order valence-electron chi connectivity index (χ0n) is 16.0. The van der Waals surface area contributed by atoms with Crippen LogP contribution in [0.25, 0.3) is 0 Å². The third kappa shape index (κ3) is 5.56. The average Bonchev–Trinajstić information content (AvgIpc) is 2.62. The molecule has 0 radical (unpaired) electrons. The summed E-state index contributed by atoms with van der Waals surface area (Å²) in [7, 11) is -1.96. The van der Waals surface area contributed by atoms with Gasteiger partial charge in [-0.05, 0) is 56.2 Å². The highest BCUT2D eigenvalue weighted by Crippen LogP contribution is 2.42. The van der Waals surface area contributed by atoms with Gasteiger partial charge < -0.3 is 19.0 Å². The smallest absolute Gasteiger partial charge is 0.412 e. The number of benzene rings is 3. The molecule has 0 amide bonds. The second-order valence-electron chi connectivity index (χ2n) is 6.18. The van der Waals surface area contributed by atoms with Crippen LogP contribution >= 0.6 is 8.60 Å². The molecule has 3 aromatic rings. The summed E-state index contributed by atoms with van der Waals surface area (Å²) in [6, 6.07) is 22.3. The van der Waals surface area contributed by atoms with Crippen molar-refractivity contribution in [3.8, 4) is 11.5 Å². The fraction of sp³-hybridized carbons (Fsp3) is 0.136. The lowest BCUT2D eigenvalue weighted by atomic mass is 10.0. The van der Waals surface area contributed by atoms with Crippen molar-refractivity contribution < 1.29 is 23.8 Å². The molecule has 0 saturated heterocycles. The number of para-hydroxylation sites is 2. The summed E-state index contributed by atoms with van der Waals surface area (Å²) in [5.74, 6) is 0.692. The van der Waals surface area contributed by atoms with Gasteiger partial charge in [0.1, 0.15) is 11.5 Å². The normalized spacial score (nSPS) is 10.1. The van der Waals surface area contributed by atoms with Crippen molar-refractivity contribution in [3.63, 3.8) is 0 Å². The summed E-state index contributed by atoms with van der Waals surface area (Å²) in [6.07, 6.45) is 0. The van der Waals surface area contributed by atoms with Crippen molar-refractivity contribution in [2.45, 2.75) is 20.8 Å². The SMILES string of the molecule is Cc1cc(C)c(C(=O)OP(Oc2ccccc2)Oc2ccccc2)c(C)c1.O. The monoisotopic (exact) mass is 398 g/mol. The molecule has 3 aromatic carbocycles. The van der Waals surface area contributed by atoms with Crippen molar-refractivity contribution in [2.24, 2.45) is 0 Å². The van der Waals surface area contributed by atoms with Gasteiger partial charge in [-0.3, -0.25) is 0 Å². The molecule has 6 heteroatoms. The summed E-state index contributed by atoms with van der Waals surface area (Å²) in [5.41, 5.74) is 3.38. The molecular formula is C22H23O5P. The molecule has 3 rings (SSSR count). The molecule has 0 spiro atoms. The molecule has 28 heavy (non-hydrogen) atoms. The van der Waals surface area contributed by atoms with Gasteiger partial charge in [-0.2, -0.15) is 0 Å². The van der Waals surface area contributed by atoms with Crippen LogP contribution in [0.2, 0.25) is 0 Å². The first-order chi connectivity index (χ1) is 13.0. The molecule has 0 aliphatic heterocycles. The average molecular weight is 398 g/mol. The zero-order chi connectivity index (χ0) is 19.2. The van der Waals surface area contributed by atoms with Crippen LogP contribution in [0.1, 0.15) is 27.0 Å². The van der Waals surface area contributed by atoms with Crippen LogP contribution < -0.4 is 9.05 Å². The number of hydrogen-bond acceptors (Lipinski definition) is 4. The van der Waals surface area contributed by atoms with Crippen LogP contribution in [0.5, 0.6) is 11.5 Å². The fourth-order valence-corrected chi connectivity index (χ4v) is 3.73. The molecule has 0 bridgehead atoms. The summed E-state index contributed by atoms with van der Waals surface area (Å²) in [4.78, 5) is 12.8. The highest BCUT2D eigenvalue weighted by Gasteiger charge is 2.25. The number of carbonyl (C=O) groups excluding carboxylic acids is 1. The first kappa shape index (κ1) is 21.4. The quantitative estimate of drug-likeness (QED) is 0.526. The number of carbonyl (C=O) groups is 1. The molecule has 0 unspecified atom stereocenters. The molecule has 0 aliphatic carbocycles. The van der Waals surface area contributed by atoms with Gasteiger partial charge in [0.25, 0.3) is 0 Å². The van der Waals surface area contributed by atoms with Crippen LogP contribution in [-0.2, 0) is 4.52 Å². The molecule has 2 N–H and O–H groups in total. The molecule has 0 atom stereocenters. The van der Waals surface area contributed by atoms with Gasteiger partial charge in [-0.15, -0.1) is 0 Å². The predicted molar refractivity (Wildman–Crippen MR) is 111 cm³/mol. The maximum atomic E-state index is 12.8. The van der Waals surface area contributed by atoms with Gasteiger partial charge in [-0.25, -0.2) is 4.79 Å². The van der Waals surface area contributed by atoms with Crippen LogP contribution in [-0.4, -0.2) is 11.4 Å². The molecule has 0 fully saturated rings. The fourth-order valence-electron chi connectivity index (χ4n) is 2.81. The van der Waals surface area contributed by atoms with E-state index in [2.05, 4.69) is 0 Å². The summed E-state index contributed by atoms with van der Waals surface area (Å²) >= 11 is 0. The van der Waals surface area contributed by atoms with Gasteiger partial charge >= 0.3 is 14.6 Å². The Morgan fingerprint density at radius 3 is 1.61 bits per heavy atom. The zero-order valence-corrected chi connectivity index (χ0v) is 16.9. The minimum absolute atomic E-state index is 0. The standard InChI is InChI=1S/C22H21O4P.H2O/c1-16-14-17(2)21(18(3)15-16)22(23)26-27(24-19-10-6-4-7-11-19)25-20-12-8-5-9-13-20;/h4-15H,1-3H3;1H2. The topological polar surface area (TPSA) is 76.3 Å². The lowest BCUT2D eigenvalue weighted by Gasteiger charge is -2.18. The first-order valence-corrected chi connectivity index (χ1v) is 9.69. The largest absolute Gasteiger partial charge is 0.532 e. The minimum atomic E-state index is -1.96. The number of rotatable bonds is 6. The Hall–Kier alpha value is -2.88. The van der Waals surface area contributed by atoms with E-state index in [1.807, 2.05) is 69.3 Å². The minimum Gasteiger partial charge on any atom is -0.412 e. The van der Waals surface area contributed by atoms with Crippen molar-refractivity contribution in [2.75, 3.05) is 0 Å². The summed E-state index contributed by atoms with van der Waals surface area (Å²) in [5, 5.41) is 0. The van der Waals surface area contributed by atoms with Crippen LogP contribution in [0.3, 0.4) is 0 Å². The van der Waals surface area contributed by atoms with E-state index in [0.29, 0.717) is 17.1 Å². The lowest BCUT2D eigenvalue weighted by molar-refractivity contribution is 0.0719. The Balaban J connectivity index is 0.00000280. The molecule has 0 aromatic heterocycles. The maximum Gasteiger partial charge on any atom is 0.532 e. The lowest BCUT2D eigenvalue weighted by Crippen LogP contribution is -2.10. The van der Waals surface area contributed by atoms with E-state index < -0.39 is 14.6 Å².